The van der Waals surface area contributed by atoms with Gasteiger partial charge in [-0.2, -0.15) is 0 Å². The van der Waals surface area contributed by atoms with Crippen molar-refractivity contribution < 1.29 is 4.39 Å². The van der Waals surface area contributed by atoms with Crippen molar-refractivity contribution in [3.05, 3.63) is 65.1 Å². The molecule has 4 aromatic rings. The standard InChI is InChI=1S/C25H25ClFN3S/c1-15(29-25-30-23-4-2-3-21(26)24(23)31-25)13-16-5-7-17(8-6-16)19-11-12-28-22-10-9-18(27)14-20(19)22/h2-4,9-12,14-17H,5-8,13H2,1H3,(H,29,30)/t15?,16-,17+. The Morgan fingerprint density at radius 1 is 1.13 bits per heavy atom. The summed E-state index contributed by atoms with van der Waals surface area (Å²) >= 11 is 7.91. The highest BCUT2D eigenvalue weighted by molar-refractivity contribution is 7.22. The van der Waals surface area contributed by atoms with Gasteiger partial charge in [0.25, 0.3) is 0 Å². The molecule has 3 nitrogen and oxygen atoms in total. The quantitative estimate of drug-likeness (QED) is 0.335. The minimum atomic E-state index is -0.188. The molecule has 0 amide bonds. The largest absolute Gasteiger partial charge is 0.359 e. The molecule has 0 saturated heterocycles. The lowest BCUT2D eigenvalue weighted by atomic mass is 9.76. The average Bonchev–Trinajstić information content (AvgIpc) is 3.17. The lowest BCUT2D eigenvalue weighted by molar-refractivity contribution is 0.302. The van der Waals surface area contributed by atoms with Gasteiger partial charge in [0.15, 0.2) is 5.13 Å². The molecule has 2 aromatic heterocycles. The van der Waals surface area contributed by atoms with E-state index in [1.807, 2.05) is 24.4 Å². The maximum Gasteiger partial charge on any atom is 0.184 e. The molecule has 1 N–H and O–H groups in total. The van der Waals surface area contributed by atoms with Crippen LogP contribution in [0.1, 0.15) is 50.5 Å². The topological polar surface area (TPSA) is 37.8 Å². The van der Waals surface area contributed by atoms with Crippen LogP contribution in [-0.2, 0) is 0 Å². The Morgan fingerprint density at radius 3 is 2.77 bits per heavy atom. The number of hydrogen-bond donors (Lipinski definition) is 1. The number of nitrogens with one attached hydrogen (secondary N) is 1. The molecule has 1 aliphatic rings. The second-order valence-corrected chi connectivity index (χ2v) is 10.1. The van der Waals surface area contributed by atoms with Crippen LogP contribution in [0.3, 0.4) is 0 Å². The molecular weight excluding hydrogens is 429 g/mol. The molecule has 160 valence electrons. The summed E-state index contributed by atoms with van der Waals surface area (Å²) in [7, 11) is 0. The molecular formula is C25H25ClFN3S. The number of aromatic nitrogens is 2. The summed E-state index contributed by atoms with van der Waals surface area (Å²) in [5.74, 6) is 0.992. The molecule has 2 aromatic carbocycles. The van der Waals surface area contributed by atoms with Crippen molar-refractivity contribution in [2.24, 2.45) is 5.92 Å². The Kier molecular flexibility index (Phi) is 5.81. The summed E-state index contributed by atoms with van der Waals surface area (Å²) < 4.78 is 14.9. The van der Waals surface area contributed by atoms with E-state index in [4.69, 9.17) is 11.6 Å². The summed E-state index contributed by atoms with van der Waals surface area (Å²) in [5, 5.41) is 6.25. The van der Waals surface area contributed by atoms with Crippen molar-refractivity contribution in [2.75, 3.05) is 5.32 Å². The van der Waals surface area contributed by atoms with E-state index in [0.29, 0.717) is 17.9 Å². The zero-order chi connectivity index (χ0) is 21.4. The zero-order valence-electron chi connectivity index (χ0n) is 17.4. The number of fused-ring (bicyclic) bond motifs is 2. The number of pyridine rings is 1. The average molecular weight is 454 g/mol. The van der Waals surface area contributed by atoms with Gasteiger partial charge in [0.05, 0.1) is 20.8 Å². The van der Waals surface area contributed by atoms with Gasteiger partial charge in [0, 0.05) is 17.6 Å². The van der Waals surface area contributed by atoms with Crippen molar-refractivity contribution in [3.63, 3.8) is 0 Å². The van der Waals surface area contributed by atoms with Gasteiger partial charge in [0.1, 0.15) is 5.82 Å². The van der Waals surface area contributed by atoms with Gasteiger partial charge in [0.2, 0.25) is 0 Å². The SMILES string of the molecule is CC(C[C@H]1CC[C@@H](c2ccnc3ccc(F)cc32)CC1)Nc1nc2cccc(Cl)c2s1. The lowest BCUT2D eigenvalue weighted by Gasteiger charge is -2.31. The second-order valence-electron chi connectivity index (χ2n) is 8.67. The molecule has 1 fully saturated rings. The minimum Gasteiger partial charge on any atom is -0.359 e. The fourth-order valence-electron chi connectivity index (χ4n) is 4.95. The molecule has 1 saturated carbocycles. The van der Waals surface area contributed by atoms with E-state index >= 15 is 0 Å². The number of thiazole rings is 1. The molecule has 0 bridgehead atoms. The third-order valence-corrected chi connectivity index (χ3v) is 7.91. The Hall–Kier alpha value is -2.24. The van der Waals surface area contributed by atoms with E-state index in [9.17, 15) is 4.39 Å². The minimum absolute atomic E-state index is 0.188. The third kappa shape index (κ3) is 4.39. The normalized spacial score (nSPS) is 20.2. The molecule has 1 aliphatic carbocycles. The number of nitrogens with zero attached hydrogens (tertiary/aromatic N) is 2. The van der Waals surface area contributed by atoms with Crippen molar-refractivity contribution in [2.45, 2.75) is 51.0 Å². The number of benzene rings is 2. The fourth-order valence-corrected chi connectivity index (χ4v) is 6.22. The van der Waals surface area contributed by atoms with Gasteiger partial charge in [-0.3, -0.25) is 4.98 Å². The Bertz CT molecular complexity index is 1220. The van der Waals surface area contributed by atoms with Crippen molar-refractivity contribution in [1.29, 1.82) is 0 Å². The molecule has 1 unspecified atom stereocenters. The van der Waals surface area contributed by atoms with Gasteiger partial charge >= 0.3 is 0 Å². The number of hydrogen-bond acceptors (Lipinski definition) is 4. The Balaban J connectivity index is 1.21. The number of rotatable bonds is 5. The van der Waals surface area contributed by atoms with E-state index in [-0.39, 0.29) is 5.82 Å². The molecule has 31 heavy (non-hydrogen) atoms. The van der Waals surface area contributed by atoms with Crippen LogP contribution in [-0.4, -0.2) is 16.0 Å². The van der Waals surface area contributed by atoms with Gasteiger partial charge in [-0.25, -0.2) is 9.37 Å². The zero-order valence-corrected chi connectivity index (χ0v) is 19.0. The molecule has 0 spiro atoms. The molecule has 0 aliphatic heterocycles. The summed E-state index contributed by atoms with van der Waals surface area (Å²) in [4.78, 5) is 9.09. The molecule has 2 heterocycles. The van der Waals surface area contributed by atoms with Crippen LogP contribution in [0.2, 0.25) is 5.02 Å². The summed E-state index contributed by atoms with van der Waals surface area (Å²) in [6.07, 6.45) is 7.66. The summed E-state index contributed by atoms with van der Waals surface area (Å²) in [6, 6.07) is 13.2. The second kappa shape index (κ2) is 8.71. The van der Waals surface area contributed by atoms with Crippen molar-refractivity contribution >= 4 is 49.2 Å². The smallest absolute Gasteiger partial charge is 0.184 e. The van der Waals surface area contributed by atoms with Gasteiger partial charge in [-0.1, -0.05) is 29.0 Å². The summed E-state index contributed by atoms with van der Waals surface area (Å²) in [5.41, 5.74) is 3.09. The van der Waals surface area contributed by atoms with Crippen LogP contribution >= 0.6 is 22.9 Å². The van der Waals surface area contributed by atoms with Crippen LogP contribution < -0.4 is 5.32 Å². The van der Waals surface area contributed by atoms with E-state index in [1.54, 1.807) is 23.5 Å². The van der Waals surface area contributed by atoms with Crippen LogP contribution in [0.5, 0.6) is 0 Å². The number of anilines is 1. The first-order chi connectivity index (χ1) is 15.1. The molecule has 1 atom stereocenters. The Labute approximate surface area is 190 Å². The van der Waals surface area contributed by atoms with Gasteiger partial charge < -0.3 is 5.32 Å². The molecule has 0 radical (unpaired) electrons. The van der Waals surface area contributed by atoms with E-state index in [2.05, 4.69) is 28.3 Å². The maximum absolute atomic E-state index is 13.8. The van der Waals surface area contributed by atoms with E-state index in [0.717, 1.165) is 50.5 Å². The summed E-state index contributed by atoms with van der Waals surface area (Å²) in [6.45, 7) is 2.24. The van der Waals surface area contributed by atoms with E-state index in [1.165, 1.54) is 24.5 Å². The lowest BCUT2D eigenvalue weighted by Crippen LogP contribution is -2.22. The predicted molar refractivity (Wildman–Crippen MR) is 129 cm³/mol. The highest BCUT2D eigenvalue weighted by Crippen LogP contribution is 2.40. The van der Waals surface area contributed by atoms with Gasteiger partial charge in [-0.15, -0.1) is 0 Å². The van der Waals surface area contributed by atoms with Gasteiger partial charge in [-0.05, 0) is 92.8 Å². The maximum atomic E-state index is 13.8. The first-order valence-electron chi connectivity index (χ1n) is 10.9. The number of halogens is 2. The van der Waals surface area contributed by atoms with Crippen molar-refractivity contribution in [3.8, 4) is 0 Å². The van der Waals surface area contributed by atoms with E-state index < -0.39 is 0 Å². The van der Waals surface area contributed by atoms with Crippen LogP contribution in [0.15, 0.2) is 48.7 Å². The fraction of sp³-hybridized carbons (Fsp3) is 0.360. The highest BCUT2D eigenvalue weighted by atomic mass is 35.5. The van der Waals surface area contributed by atoms with Crippen molar-refractivity contribution in [1.82, 2.24) is 9.97 Å². The Morgan fingerprint density at radius 2 is 1.97 bits per heavy atom. The van der Waals surface area contributed by atoms with Crippen LogP contribution in [0, 0.1) is 11.7 Å². The van der Waals surface area contributed by atoms with Crippen LogP contribution in [0.4, 0.5) is 9.52 Å². The first-order valence-corrected chi connectivity index (χ1v) is 12.1. The molecule has 5 rings (SSSR count). The van der Waals surface area contributed by atoms with Crippen LogP contribution in [0.25, 0.3) is 21.1 Å². The highest BCUT2D eigenvalue weighted by Gasteiger charge is 2.25. The predicted octanol–water partition coefficient (Wildman–Crippen LogP) is 7.80. The third-order valence-electron chi connectivity index (χ3n) is 6.45. The first kappa shape index (κ1) is 20.7. The molecule has 6 heteroatoms. The monoisotopic (exact) mass is 453 g/mol.